The summed E-state index contributed by atoms with van der Waals surface area (Å²) in [5.74, 6) is -37.4. The Morgan fingerprint density at radius 1 is 0.893 bits per heavy atom. The summed E-state index contributed by atoms with van der Waals surface area (Å²) >= 11 is 5.20. The number of hydrogen-bond donors (Lipinski definition) is 0. The standard InChI is InChI=1S/C12H11ClF12O3/c1-5(26)28-6(2-13)3-27-4-8(16,17)10(20,21)12(24,25)11(22,23)9(18,19)7(14)15/h6-7H,2-4H2,1H3. The van der Waals surface area contributed by atoms with Gasteiger partial charge in [0.05, 0.1) is 12.5 Å². The Balaban J connectivity index is 5.54. The van der Waals surface area contributed by atoms with E-state index >= 15 is 0 Å². The van der Waals surface area contributed by atoms with Gasteiger partial charge in [-0.25, -0.2) is 8.78 Å². The molecule has 0 aliphatic rings. The molecule has 0 aromatic rings. The van der Waals surface area contributed by atoms with Crippen LogP contribution in [0.4, 0.5) is 52.7 Å². The van der Waals surface area contributed by atoms with Crippen LogP contribution in [0.5, 0.6) is 0 Å². The smallest absolute Gasteiger partial charge is 0.384 e. The Morgan fingerprint density at radius 2 is 1.36 bits per heavy atom. The summed E-state index contributed by atoms with van der Waals surface area (Å²) in [7, 11) is 0. The molecule has 3 nitrogen and oxygen atoms in total. The molecule has 0 amide bonds. The number of alkyl halides is 13. The van der Waals surface area contributed by atoms with Gasteiger partial charge in [-0.3, -0.25) is 4.79 Å². The normalized spacial score (nSPS) is 15.7. The van der Waals surface area contributed by atoms with Crippen molar-refractivity contribution >= 4 is 17.6 Å². The Bertz CT molecular complexity index is 540. The van der Waals surface area contributed by atoms with E-state index in [2.05, 4.69) is 9.47 Å². The molecule has 16 heteroatoms. The minimum atomic E-state index is -7.62. The van der Waals surface area contributed by atoms with Gasteiger partial charge in [0.25, 0.3) is 0 Å². The van der Waals surface area contributed by atoms with Gasteiger partial charge in [0.2, 0.25) is 0 Å². The number of ether oxygens (including phenoxy) is 2. The lowest BCUT2D eigenvalue weighted by Gasteiger charge is -2.39. The van der Waals surface area contributed by atoms with E-state index in [-0.39, 0.29) is 0 Å². The van der Waals surface area contributed by atoms with Crippen molar-refractivity contribution in [3.63, 3.8) is 0 Å². The zero-order valence-corrected chi connectivity index (χ0v) is 14.2. The van der Waals surface area contributed by atoms with Gasteiger partial charge < -0.3 is 9.47 Å². The van der Waals surface area contributed by atoms with Crippen LogP contribution < -0.4 is 0 Å². The number of hydrogen-bond acceptors (Lipinski definition) is 3. The molecular formula is C12H11ClF12O3. The molecule has 0 saturated carbocycles. The topological polar surface area (TPSA) is 35.5 Å². The van der Waals surface area contributed by atoms with Crippen molar-refractivity contribution in [2.45, 2.75) is 49.1 Å². The number of esters is 1. The fourth-order valence-corrected chi connectivity index (χ4v) is 1.68. The lowest BCUT2D eigenvalue weighted by Crippen LogP contribution is -2.69. The maximum Gasteiger partial charge on any atom is 0.384 e. The van der Waals surface area contributed by atoms with Crippen molar-refractivity contribution in [2.24, 2.45) is 0 Å². The van der Waals surface area contributed by atoms with Crippen LogP contribution in [0.15, 0.2) is 0 Å². The van der Waals surface area contributed by atoms with Gasteiger partial charge in [0, 0.05) is 6.92 Å². The molecule has 0 fully saturated rings. The maximum atomic E-state index is 13.4. The number of carbonyl (C=O) groups is 1. The minimum Gasteiger partial charge on any atom is -0.459 e. The Morgan fingerprint density at radius 3 is 1.71 bits per heavy atom. The van der Waals surface area contributed by atoms with Gasteiger partial charge >= 0.3 is 42.0 Å². The summed E-state index contributed by atoms with van der Waals surface area (Å²) in [5.41, 5.74) is 0. The number of carbonyl (C=O) groups excluding carboxylic acids is 1. The van der Waals surface area contributed by atoms with Crippen LogP contribution in [-0.4, -0.2) is 67.2 Å². The fraction of sp³-hybridized carbons (Fsp3) is 0.917. The van der Waals surface area contributed by atoms with Crippen molar-refractivity contribution in [3.8, 4) is 0 Å². The van der Waals surface area contributed by atoms with Gasteiger partial charge in [0.15, 0.2) is 0 Å². The van der Waals surface area contributed by atoms with E-state index < -0.39 is 67.2 Å². The molecule has 0 spiro atoms. The zero-order valence-electron chi connectivity index (χ0n) is 13.4. The van der Waals surface area contributed by atoms with Crippen LogP contribution in [0, 0.1) is 0 Å². The first-order chi connectivity index (χ1) is 12.3. The first-order valence-corrected chi connectivity index (χ1v) is 7.31. The van der Waals surface area contributed by atoms with Crippen LogP contribution in [-0.2, 0) is 14.3 Å². The van der Waals surface area contributed by atoms with Crippen LogP contribution >= 0.6 is 11.6 Å². The molecule has 0 heterocycles. The lowest BCUT2D eigenvalue weighted by atomic mass is 9.94. The predicted molar refractivity (Wildman–Crippen MR) is 67.8 cm³/mol. The highest BCUT2D eigenvalue weighted by Crippen LogP contribution is 2.58. The molecule has 0 bridgehead atoms. The van der Waals surface area contributed by atoms with Crippen LogP contribution in [0.25, 0.3) is 0 Å². The van der Waals surface area contributed by atoms with E-state index in [0.29, 0.717) is 0 Å². The van der Waals surface area contributed by atoms with E-state index in [9.17, 15) is 57.5 Å². The molecule has 0 aliphatic heterocycles. The molecule has 1 atom stereocenters. The van der Waals surface area contributed by atoms with Crippen LogP contribution in [0.3, 0.4) is 0 Å². The molecule has 0 radical (unpaired) electrons. The molecule has 0 rings (SSSR count). The monoisotopic (exact) mass is 466 g/mol. The third kappa shape index (κ3) is 4.89. The van der Waals surface area contributed by atoms with Gasteiger partial charge in [-0.15, -0.1) is 11.6 Å². The second-order valence-corrected chi connectivity index (χ2v) is 5.56. The highest BCUT2D eigenvalue weighted by Gasteiger charge is 2.87. The molecule has 0 aliphatic carbocycles. The second-order valence-electron chi connectivity index (χ2n) is 5.25. The largest absolute Gasteiger partial charge is 0.459 e. The molecule has 1 unspecified atom stereocenters. The SMILES string of the molecule is CC(=O)OC(CCl)COCC(F)(F)C(F)(F)C(F)(F)C(F)(F)C(F)(F)C(F)F. The second kappa shape index (κ2) is 8.71. The zero-order chi connectivity index (χ0) is 22.8. The highest BCUT2D eigenvalue weighted by atomic mass is 35.5. The summed E-state index contributed by atoms with van der Waals surface area (Å²) in [4.78, 5) is 10.6. The summed E-state index contributed by atoms with van der Waals surface area (Å²) in [6.45, 7) is -3.13. The van der Waals surface area contributed by atoms with E-state index in [1.807, 2.05) is 0 Å². The van der Waals surface area contributed by atoms with E-state index in [0.717, 1.165) is 6.92 Å². The molecule has 0 aromatic carbocycles. The van der Waals surface area contributed by atoms with Gasteiger partial charge in [-0.05, 0) is 0 Å². The van der Waals surface area contributed by atoms with Crippen molar-refractivity contribution in [1.29, 1.82) is 0 Å². The van der Waals surface area contributed by atoms with Crippen LogP contribution in [0.1, 0.15) is 6.92 Å². The summed E-state index contributed by atoms with van der Waals surface area (Å²) in [6, 6.07) is 0. The Kier molecular flexibility index (Phi) is 8.36. The van der Waals surface area contributed by atoms with E-state index in [1.54, 1.807) is 0 Å². The fourth-order valence-electron chi connectivity index (χ4n) is 1.53. The summed E-state index contributed by atoms with van der Waals surface area (Å²) in [5, 5.41) is 0. The highest BCUT2D eigenvalue weighted by molar-refractivity contribution is 6.18. The molecule has 168 valence electrons. The third-order valence-electron chi connectivity index (χ3n) is 3.03. The molecule has 0 N–H and O–H groups in total. The maximum absolute atomic E-state index is 13.4. The number of halogens is 13. The average molecular weight is 467 g/mol. The first kappa shape index (κ1) is 26.9. The van der Waals surface area contributed by atoms with Crippen molar-refractivity contribution in [1.82, 2.24) is 0 Å². The average Bonchev–Trinajstić information content (AvgIpc) is 2.52. The molecule has 0 aromatic heterocycles. The number of rotatable bonds is 11. The summed E-state index contributed by atoms with van der Waals surface area (Å²) in [6.07, 6.45) is -7.10. The van der Waals surface area contributed by atoms with Crippen molar-refractivity contribution < 1.29 is 67.0 Å². The van der Waals surface area contributed by atoms with Crippen molar-refractivity contribution in [2.75, 3.05) is 19.1 Å². The minimum absolute atomic E-state index is 0.642. The van der Waals surface area contributed by atoms with E-state index in [4.69, 9.17) is 11.6 Å². The summed E-state index contributed by atoms with van der Waals surface area (Å²) < 4.78 is 163. The molecule has 28 heavy (non-hydrogen) atoms. The van der Waals surface area contributed by atoms with E-state index in [1.165, 1.54) is 0 Å². The van der Waals surface area contributed by atoms with Gasteiger partial charge in [-0.2, -0.15) is 43.9 Å². The van der Waals surface area contributed by atoms with Gasteiger partial charge in [0.1, 0.15) is 12.7 Å². The molecule has 0 saturated heterocycles. The Labute approximate surface area is 153 Å². The predicted octanol–water partition coefficient (Wildman–Crippen LogP) is 4.62. The Hall–Kier alpha value is -1.12. The van der Waals surface area contributed by atoms with Crippen LogP contribution in [0.2, 0.25) is 0 Å². The van der Waals surface area contributed by atoms with Crippen molar-refractivity contribution in [3.05, 3.63) is 0 Å². The lowest BCUT2D eigenvalue weighted by molar-refractivity contribution is -0.415. The quantitative estimate of drug-likeness (QED) is 0.253. The van der Waals surface area contributed by atoms with Gasteiger partial charge in [-0.1, -0.05) is 0 Å². The third-order valence-corrected chi connectivity index (χ3v) is 3.38. The first-order valence-electron chi connectivity index (χ1n) is 6.77. The molecular weight excluding hydrogens is 456 g/mol.